The van der Waals surface area contributed by atoms with Crippen LogP contribution in [-0.4, -0.2) is 19.6 Å². The molecule has 26 heavy (non-hydrogen) atoms. The molecule has 0 saturated carbocycles. The van der Waals surface area contributed by atoms with Crippen molar-refractivity contribution in [2.75, 3.05) is 5.32 Å². The minimum absolute atomic E-state index is 0.0719. The topological polar surface area (TPSA) is 72.5 Å². The Balaban J connectivity index is 1.88. The third kappa shape index (κ3) is 3.36. The Labute approximate surface area is 148 Å². The maximum Gasteiger partial charge on any atom is 0.458 e. The number of anilines is 1. The van der Waals surface area contributed by atoms with Gasteiger partial charge in [0, 0.05) is 11.1 Å². The first-order chi connectivity index (χ1) is 12.3. The molecule has 0 unspecified atom stereocenters. The second-order valence-corrected chi connectivity index (χ2v) is 6.94. The Morgan fingerprint density at radius 1 is 0.885 bits per heavy atom. The fourth-order valence-electron chi connectivity index (χ4n) is 2.30. The van der Waals surface area contributed by atoms with Crippen LogP contribution in [0, 0.1) is 0 Å². The largest absolute Gasteiger partial charge is 0.458 e. The molecular weight excluding hydrogens is 364 g/mol. The SMILES string of the molecule is O=C(Nc1cccc2ccccc12)C(F)(F)S(=O)(=O)Oc1ccccc1. The summed E-state index contributed by atoms with van der Waals surface area (Å²) in [6.45, 7) is 0. The molecule has 1 amide bonds. The van der Waals surface area contributed by atoms with Crippen LogP contribution in [0.25, 0.3) is 10.8 Å². The van der Waals surface area contributed by atoms with E-state index in [2.05, 4.69) is 4.18 Å². The fraction of sp³-hybridized carbons (Fsp3) is 0.0556. The van der Waals surface area contributed by atoms with Gasteiger partial charge in [0.15, 0.2) is 0 Å². The van der Waals surface area contributed by atoms with Crippen LogP contribution in [0.4, 0.5) is 14.5 Å². The third-order valence-electron chi connectivity index (χ3n) is 3.57. The molecular formula is C18H13F2NO4S. The number of nitrogens with one attached hydrogen (secondary N) is 1. The van der Waals surface area contributed by atoms with Crippen molar-refractivity contribution in [3.05, 3.63) is 72.8 Å². The lowest BCUT2D eigenvalue weighted by Gasteiger charge is -2.17. The van der Waals surface area contributed by atoms with Crippen molar-refractivity contribution < 1.29 is 26.2 Å². The highest BCUT2D eigenvalue weighted by Gasteiger charge is 2.55. The molecule has 0 aliphatic carbocycles. The minimum atomic E-state index is -5.53. The molecule has 0 aliphatic heterocycles. The zero-order valence-electron chi connectivity index (χ0n) is 13.2. The van der Waals surface area contributed by atoms with Crippen LogP contribution < -0.4 is 9.50 Å². The molecule has 0 spiro atoms. The van der Waals surface area contributed by atoms with E-state index in [4.69, 9.17) is 0 Å². The van der Waals surface area contributed by atoms with Gasteiger partial charge in [-0.3, -0.25) is 4.79 Å². The highest BCUT2D eigenvalue weighted by Crippen LogP contribution is 2.29. The molecule has 0 atom stereocenters. The summed E-state index contributed by atoms with van der Waals surface area (Å²) in [4.78, 5) is 12.0. The summed E-state index contributed by atoms with van der Waals surface area (Å²) >= 11 is 0. The normalized spacial score (nSPS) is 11.9. The van der Waals surface area contributed by atoms with Crippen LogP contribution in [-0.2, 0) is 14.9 Å². The number of benzene rings is 3. The molecule has 1 N–H and O–H groups in total. The Bertz CT molecular complexity index is 1050. The van der Waals surface area contributed by atoms with Gasteiger partial charge in [0.25, 0.3) is 0 Å². The molecule has 3 rings (SSSR count). The standard InChI is InChI=1S/C18H13F2NO4S/c19-18(20,26(23,24)25-14-9-2-1-3-10-14)17(22)21-16-12-6-8-13-7-4-5-11-15(13)16/h1-12H,(H,21,22). The van der Waals surface area contributed by atoms with E-state index >= 15 is 0 Å². The molecule has 0 fully saturated rings. The van der Waals surface area contributed by atoms with Crippen LogP contribution in [0.1, 0.15) is 0 Å². The quantitative estimate of drug-likeness (QED) is 0.687. The summed E-state index contributed by atoms with van der Waals surface area (Å²) in [7, 11) is -5.53. The number of hydrogen-bond donors (Lipinski definition) is 1. The molecule has 0 aromatic heterocycles. The van der Waals surface area contributed by atoms with Crippen LogP contribution in [0.2, 0.25) is 0 Å². The predicted molar refractivity (Wildman–Crippen MR) is 93.5 cm³/mol. The van der Waals surface area contributed by atoms with E-state index in [-0.39, 0.29) is 11.4 Å². The lowest BCUT2D eigenvalue weighted by Crippen LogP contribution is -2.44. The van der Waals surface area contributed by atoms with Crippen molar-refractivity contribution >= 4 is 32.5 Å². The zero-order valence-corrected chi connectivity index (χ0v) is 14.0. The van der Waals surface area contributed by atoms with Gasteiger partial charge >= 0.3 is 21.3 Å². The lowest BCUT2D eigenvalue weighted by molar-refractivity contribution is -0.130. The highest BCUT2D eigenvalue weighted by atomic mass is 32.2. The molecule has 0 saturated heterocycles. The highest BCUT2D eigenvalue weighted by molar-refractivity contribution is 7.89. The average molecular weight is 377 g/mol. The van der Waals surface area contributed by atoms with Gasteiger partial charge in [0.2, 0.25) is 0 Å². The van der Waals surface area contributed by atoms with Crippen molar-refractivity contribution in [2.24, 2.45) is 0 Å². The summed E-state index contributed by atoms with van der Waals surface area (Å²) in [5.74, 6) is -2.31. The van der Waals surface area contributed by atoms with Crippen LogP contribution in [0.5, 0.6) is 5.75 Å². The molecule has 0 radical (unpaired) electrons. The van der Waals surface area contributed by atoms with Crippen molar-refractivity contribution in [3.63, 3.8) is 0 Å². The number of halogens is 2. The molecule has 0 bridgehead atoms. The molecule has 134 valence electrons. The summed E-state index contributed by atoms with van der Waals surface area (Å²) < 4.78 is 56.6. The van der Waals surface area contributed by atoms with Crippen LogP contribution in [0.15, 0.2) is 72.8 Å². The first-order valence-corrected chi connectivity index (χ1v) is 8.88. The van der Waals surface area contributed by atoms with Gasteiger partial charge in [-0.2, -0.15) is 17.2 Å². The van der Waals surface area contributed by atoms with E-state index in [1.807, 2.05) is 5.32 Å². The molecule has 3 aromatic rings. The number of amides is 1. The number of rotatable bonds is 5. The molecule has 8 heteroatoms. The fourth-order valence-corrected chi connectivity index (χ4v) is 3.05. The molecule has 0 aliphatic rings. The van der Waals surface area contributed by atoms with E-state index in [0.29, 0.717) is 10.8 Å². The zero-order chi connectivity index (χ0) is 18.8. The Morgan fingerprint density at radius 3 is 2.23 bits per heavy atom. The smallest absolute Gasteiger partial charge is 0.378 e. The van der Waals surface area contributed by atoms with E-state index in [1.165, 1.54) is 30.3 Å². The second kappa shape index (κ2) is 6.72. The lowest BCUT2D eigenvalue weighted by atomic mass is 10.1. The van der Waals surface area contributed by atoms with Gasteiger partial charge in [0.05, 0.1) is 0 Å². The van der Waals surface area contributed by atoms with E-state index in [1.54, 1.807) is 42.5 Å². The van der Waals surface area contributed by atoms with Crippen molar-refractivity contribution in [3.8, 4) is 5.75 Å². The molecule has 0 heterocycles. The van der Waals surface area contributed by atoms with E-state index < -0.39 is 21.3 Å². The summed E-state index contributed by atoms with van der Waals surface area (Å²) in [6.07, 6.45) is 0. The van der Waals surface area contributed by atoms with Crippen molar-refractivity contribution in [2.45, 2.75) is 5.25 Å². The monoisotopic (exact) mass is 377 g/mol. The third-order valence-corrected chi connectivity index (χ3v) is 4.79. The van der Waals surface area contributed by atoms with Crippen LogP contribution >= 0.6 is 0 Å². The first-order valence-electron chi connectivity index (χ1n) is 7.47. The maximum atomic E-state index is 14.2. The second-order valence-electron chi connectivity index (χ2n) is 5.35. The van der Waals surface area contributed by atoms with Gasteiger partial charge in [-0.15, -0.1) is 0 Å². The Kier molecular flexibility index (Phi) is 4.60. The van der Waals surface area contributed by atoms with Gasteiger partial charge in [-0.25, -0.2) is 0 Å². The first kappa shape index (κ1) is 17.8. The average Bonchev–Trinajstić information content (AvgIpc) is 2.62. The van der Waals surface area contributed by atoms with Gasteiger partial charge < -0.3 is 9.50 Å². The summed E-state index contributed by atoms with van der Waals surface area (Å²) in [5, 5.41) is -1.60. The number of fused-ring (bicyclic) bond motifs is 1. The van der Waals surface area contributed by atoms with Crippen LogP contribution in [0.3, 0.4) is 0 Å². The molecule has 3 aromatic carbocycles. The van der Waals surface area contributed by atoms with Crippen molar-refractivity contribution in [1.82, 2.24) is 0 Å². The number of para-hydroxylation sites is 1. The van der Waals surface area contributed by atoms with E-state index in [0.717, 1.165) is 0 Å². The van der Waals surface area contributed by atoms with Gasteiger partial charge in [-0.1, -0.05) is 54.6 Å². The minimum Gasteiger partial charge on any atom is -0.378 e. The number of alkyl halides is 2. The van der Waals surface area contributed by atoms with E-state index in [9.17, 15) is 22.0 Å². The number of carbonyl (C=O) groups excluding carboxylic acids is 1. The van der Waals surface area contributed by atoms with Gasteiger partial charge in [-0.05, 0) is 23.6 Å². The number of carbonyl (C=O) groups is 1. The van der Waals surface area contributed by atoms with Crippen molar-refractivity contribution in [1.29, 1.82) is 0 Å². The Hall–Kier alpha value is -3.00. The Morgan fingerprint density at radius 2 is 1.50 bits per heavy atom. The van der Waals surface area contributed by atoms with Gasteiger partial charge in [0.1, 0.15) is 5.75 Å². The predicted octanol–water partition coefficient (Wildman–Crippen LogP) is 3.78. The maximum absolute atomic E-state index is 14.2. The summed E-state index contributed by atoms with van der Waals surface area (Å²) in [5.41, 5.74) is 0.0719. The number of hydrogen-bond acceptors (Lipinski definition) is 4. The summed E-state index contributed by atoms with van der Waals surface area (Å²) in [6, 6.07) is 18.3. The molecule has 5 nitrogen and oxygen atoms in total.